The first kappa shape index (κ1) is 12.4. The van der Waals surface area contributed by atoms with Gasteiger partial charge in [-0.3, -0.25) is 9.59 Å². The van der Waals surface area contributed by atoms with E-state index in [4.69, 9.17) is 4.74 Å². The van der Waals surface area contributed by atoms with Crippen LogP contribution in [0.15, 0.2) is 24.3 Å². The number of methoxy groups -OCH3 is 1. The smallest absolute Gasteiger partial charge is 0.307 e. The van der Waals surface area contributed by atoms with Crippen LogP contribution in [0.3, 0.4) is 0 Å². The van der Waals surface area contributed by atoms with Crippen LogP contribution in [0.25, 0.3) is 0 Å². The normalized spacial score (nSPS) is 16.6. The van der Waals surface area contributed by atoms with Crippen LogP contribution in [-0.4, -0.2) is 31.6 Å². The maximum atomic E-state index is 11.8. The van der Waals surface area contributed by atoms with E-state index in [1.54, 1.807) is 0 Å². The molecule has 1 amide bonds. The fraction of sp³-hybridized carbons (Fsp3) is 0.385. The molecule has 1 aliphatic heterocycles. The fourth-order valence-electron chi connectivity index (χ4n) is 1.83. The molecule has 1 heterocycles. The average molecular weight is 249 g/mol. The van der Waals surface area contributed by atoms with Crippen molar-refractivity contribution in [2.75, 3.05) is 13.7 Å². The Bertz CT molecular complexity index is 433. The fourth-order valence-corrected chi connectivity index (χ4v) is 1.83. The molecule has 0 aliphatic carbocycles. The van der Waals surface area contributed by atoms with Crippen LogP contribution in [0.2, 0.25) is 0 Å². The van der Waals surface area contributed by atoms with Crippen LogP contribution in [0.4, 0.5) is 0 Å². The number of para-hydroxylation sites is 1. The number of amides is 1. The minimum Gasteiger partial charge on any atom is -0.480 e. The summed E-state index contributed by atoms with van der Waals surface area (Å²) in [5, 5.41) is 2.66. The van der Waals surface area contributed by atoms with Gasteiger partial charge < -0.3 is 14.8 Å². The highest BCUT2D eigenvalue weighted by Gasteiger charge is 2.28. The van der Waals surface area contributed by atoms with Crippen molar-refractivity contribution < 1.29 is 19.1 Å². The van der Waals surface area contributed by atoms with Gasteiger partial charge >= 0.3 is 5.97 Å². The molecule has 0 saturated heterocycles. The number of ether oxygens (including phenoxy) is 2. The molecule has 0 spiro atoms. The summed E-state index contributed by atoms with van der Waals surface area (Å²) in [6.45, 7) is 0.266. The van der Waals surface area contributed by atoms with E-state index in [0.29, 0.717) is 6.42 Å². The molecule has 2 rings (SSSR count). The lowest BCUT2D eigenvalue weighted by molar-refractivity contribution is -0.140. The third kappa shape index (κ3) is 2.80. The van der Waals surface area contributed by atoms with E-state index in [-0.39, 0.29) is 24.8 Å². The lowest BCUT2D eigenvalue weighted by Crippen LogP contribution is -2.38. The van der Waals surface area contributed by atoms with Gasteiger partial charge in [0.25, 0.3) is 5.91 Å². The Balaban J connectivity index is 1.81. The van der Waals surface area contributed by atoms with Gasteiger partial charge in [-0.15, -0.1) is 0 Å². The van der Waals surface area contributed by atoms with E-state index in [1.165, 1.54) is 7.11 Å². The van der Waals surface area contributed by atoms with Crippen molar-refractivity contribution in [2.24, 2.45) is 0 Å². The standard InChI is InChI=1S/C13H15NO4/c1-17-12(15)6-7-14-13(16)11-8-9-4-2-3-5-10(9)18-11/h2-5,11H,6-8H2,1H3,(H,14,16). The van der Waals surface area contributed by atoms with Gasteiger partial charge in [0, 0.05) is 13.0 Å². The van der Waals surface area contributed by atoms with E-state index in [2.05, 4.69) is 10.1 Å². The van der Waals surface area contributed by atoms with E-state index in [0.717, 1.165) is 11.3 Å². The lowest BCUT2D eigenvalue weighted by atomic mass is 10.1. The van der Waals surface area contributed by atoms with Crippen molar-refractivity contribution in [3.63, 3.8) is 0 Å². The number of hydrogen-bond acceptors (Lipinski definition) is 4. The average Bonchev–Trinajstić information content (AvgIpc) is 2.82. The van der Waals surface area contributed by atoms with Crippen LogP contribution in [0.5, 0.6) is 5.75 Å². The monoisotopic (exact) mass is 249 g/mol. The highest BCUT2D eigenvalue weighted by Crippen LogP contribution is 2.27. The SMILES string of the molecule is COC(=O)CCNC(=O)C1Cc2ccccc2O1. The highest BCUT2D eigenvalue weighted by molar-refractivity contribution is 5.83. The summed E-state index contributed by atoms with van der Waals surface area (Å²) in [6.07, 6.45) is 0.238. The Hall–Kier alpha value is -2.04. The number of esters is 1. The second kappa shape index (κ2) is 5.53. The maximum absolute atomic E-state index is 11.8. The molecule has 5 heteroatoms. The molecular weight excluding hydrogens is 234 g/mol. The molecule has 0 bridgehead atoms. The van der Waals surface area contributed by atoms with Crippen molar-refractivity contribution in [2.45, 2.75) is 18.9 Å². The van der Waals surface area contributed by atoms with Gasteiger partial charge in [0.15, 0.2) is 6.10 Å². The van der Waals surface area contributed by atoms with Gasteiger partial charge in [0.2, 0.25) is 0 Å². The van der Waals surface area contributed by atoms with E-state index in [9.17, 15) is 9.59 Å². The van der Waals surface area contributed by atoms with Gasteiger partial charge in [0.1, 0.15) is 5.75 Å². The number of nitrogens with one attached hydrogen (secondary N) is 1. The van der Waals surface area contributed by atoms with Gasteiger partial charge in [-0.1, -0.05) is 18.2 Å². The molecule has 0 radical (unpaired) electrons. The van der Waals surface area contributed by atoms with Crippen LogP contribution in [0.1, 0.15) is 12.0 Å². The van der Waals surface area contributed by atoms with Crippen molar-refractivity contribution in [1.82, 2.24) is 5.32 Å². The molecule has 1 aromatic carbocycles. The molecule has 0 fully saturated rings. The number of rotatable bonds is 4. The number of benzene rings is 1. The summed E-state index contributed by atoms with van der Waals surface area (Å²) in [5.41, 5.74) is 1.03. The van der Waals surface area contributed by atoms with Crippen molar-refractivity contribution >= 4 is 11.9 Å². The third-order valence-corrected chi connectivity index (χ3v) is 2.80. The molecule has 96 valence electrons. The first-order valence-electron chi connectivity index (χ1n) is 5.80. The van der Waals surface area contributed by atoms with Crippen LogP contribution < -0.4 is 10.1 Å². The lowest BCUT2D eigenvalue weighted by Gasteiger charge is -2.10. The number of fused-ring (bicyclic) bond motifs is 1. The zero-order valence-electron chi connectivity index (χ0n) is 10.1. The van der Waals surface area contributed by atoms with Crippen LogP contribution >= 0.6 is 0 Å². The molecule has 0 aromatic heterocycles. The first-order valence-corrected chi connectivity index (χ1v) is 5.80. The van der Waals surface area contributed by atoms with E-state index in [1.807, 2.05) is 24.3 Å². The minimum atomic E-state index is -0.500. The van der Waals surface area contributed by atoms with Crippen LogP contribution in [0, 0.1) is 0 Å². The summed E-state index contributed by atoms with van der Waals surface area (Å²) in [7, 11) is 1.32. The molecule has 5 nitrogen and oxygen atoms in total. The molecular formula is C13H15NO4. The van der Waals surface area contributed by atoms with Gasteiger partial charge in [-0.05, 0) is 11.6 Å². The second-order valence-corrected chi connectivity index (χ2v) is 4.04. The number of carbonyl (C=O) groups excluding carboxylic acids is 2. The topological polar surface area (TPSA) is 64.6 Å². The molecule has 0 saturated carbocycles. The molecule has 1 atom stereocenters. The molecule has 18 heavy (non-hydrogen) atoms. The van der Waals surface area contributed by atoms with Crippen molar-refractivity contribution in [1.29, 1.82) is 0 Å². The van der Waals surface area contributed by atoms with Crippen molar-refractivity contribution in [3.05, 3.63) is 29.8 Å². The Morgan fingerprint density at radius 1 is 1.44 bits per heavy atom. The van der Waals surface area contributed by atoms with E-state index < -0.39 is 6.10 Å². The predicted molar refractivity (Wildman–Crippen MR) is 64.2 cm³/mol. The zero-order chi connectivity index (χ0) is 13.0. The van der Waals surface area contributed by atoms with E-state index >= 15 is 0 Å². The van der Waals surface area contributed by atoms with Gasteiger partial charge in [-0.25, -0.2) is 0 Å². The second-order valence-electron chi connectivity index (χ2n) is 4.04. The summed E-state index contributed by atoms with van der Waals surface area (Å²) in [6, 6.07) is 7.57. The summed E-state index contributed by atoms with van der Waals surface area (Å²) >= 11 is 0. The molecule has 1 N–H and O–H groups in total. The van der Waals surface area contributed by atoms with Gasteiger partial charge in [-0.2, -0.15) is 0 Å². The van der Waals surface area contributed by atoms with Crippen molar-refractivity contribution in [3.8, 4) is 5.75 Å². The maximum Gasteiger partial charge on any atom is 0.307 e. The predicted octanol–water partition coefficient (Wildman–Crippen LogP) is 0.669. The Morgan fingerprint density at radius 2 is 2.22 bits per heavy atom. The Morgan fingerprint density at radius 3 is 2.94 bits per heavy atom. The molecule has 1 aliphatic rings. The Kier molecular flexibility index (Phi) is 3.82. The molecule has 1 aromatic rings. The largest absolute Gasteiger partial charge is 0.480 e. The van der Waals surface area contributed by atoms with Gasteiger partial charge in [0.05, 0.1) is 13.5 Å². The summed E-state index contributed by atoms with van der Waals surface area (Å²) in [5.74, 6) is 0.214. The van der Waals surface area contributed by atoms with Crippen LogP contribution in [-0.2, 0) is 20.7 Å². The Labute approximate surface area is 105 Å². The minimum absolute atomic E-state index is 0.169. The molecule has 1 unspecified atom stereocenters. The quantitative estimate of drug-likeness (QED) is 0.796. The first-order chi connectivity index (χ1) is 8.70. The highest BCUT2D eigenvalue weighted by atomic mass is 16.5. The zero-order valence-corrected chi connectivity index (χ0v) is 10.1. The number of hydrogen-bond donors (Lipinski definition) is 1. The summed E-state index contributed by atoms with van der Waals surface area (Å²) < 4.78 is 10.0. The number of carbonyl (C=O) groups is 2. The third-order valence-electron chi connectivity index (χ3n) is 2.80. The summed E-state index contributed by atoms with van der Waals surface area (Å²) in [4.78, 5) is 22.7.